The van der Waals surface area contributed by atoms with Crippen LogP contribution in [0.2, 0.25) is 0 Å². The average Bonchev–Trinajstić information content (AvgIpc) is 2.36. The molecule has 5 nitrogen and oxygen atoms in total. The first kappa shape index (κ1) is 14.6. The fourth-order valence-electron chi connectivity index (χ4n) is 1.73. The molecule has 1 aromatic carbocycles. The summed E-state index contributed by atoms with van der Waals surface area (Å²) in [4.78, 5) is 26.6. The van der Waals surface area contributed by atoms with Gasteiger partial charge in [-0.1, -0.05) is 0 Å². The number of aromatic carboxylic acids is 1. The largest absolute Gasteiger partial charge is 0.478 e. The Morgan fingerprint density at radius 3 is 2.29 bits per heavy atom. The molecule has 2 aromatic rings. The minimum absolute atomic E-state index is 0.0247. The van der Waals surface area contributed by atoms with Crippen LogP contribution in [0.25, 0.3) is 0 Å². The molecule has 2 N–H and O–H groups in total. The van der Waals surface area contributed by atoms with Crippen molar-refractivity contribution in [3.63, 3.8) is 0 Å². The third-order valence-corrected chi connectivity index (χ3v) is 2.67. The van der Waals surface area contributed by atoms with Crippen molar-refractivity contribution < 1.29 is 23.5 Å². The van der Waals surface area contributed by atoms with Gasteiger partial charge in [0.1, 0.15) is 17.3 Å². The molecular formula is C14H10F2N2O3. The number of rotatable bonds is 3. The molecule has 0 aliphatic heterocycles. The Bertz CT molecular complexity index is 712. The van der Waals surface area contributed by atoms with E-state index in [1.807, 2.05) is 0 Å². The highest BCUT2D eigenvalue weighted by Crippen LogP contribution is 2.14. The molecule has 2 rings (SSSR count). The van der Waals surface area contributed by atoms with Crippen molar-refractivity contribution >= 4 is 17.6 Å². The Hall–Kier alpha value is -2.83. The number of carbonyl (C=O) groups is 2. The van der Waals surface area contributed by atoms with E-state index in [1.54, 1.807) is 0 Å². The van der Waals surface area contributed by atoms with E-state index in [0.717, 1.165) is 12.1 Å². The van der Waals surface area contributed by atoms with E-state index in [1.165, 1.54) is 19.1 Å². The third-order valence-electron chi connectivity index (χ3n) is 2.67. The molecule has 7 heteroatoms. The zero-order valence-corrected chi connectivity index (χ0v) is 10.9. The third kappa shape index (κ3) is 3.38. The lowest BCUT2D eigenvalue weighted by atomic mass is 10.2. The first-order valence-electron chi connectivity index (χ1n) is 5.85. The number of anilines is 1. The normalized spacial score (nSPS) is 10.2. The van der Waals surface area contributed by atoms with Crippen LogP contribution in [0.1, 0.15) is 26.5 Å². The minimum Gasteiger partial charge on any atom is -0.478 e. The van der Waals surface area contributed by atoms with Crippen molar-refractivity contribution in [2.45, 2.75) is 6.92 Å². The van der Waals surface area contributed by atoms with E-state index in [9.17, 15) is 18.4 Å². The number of pyridine rings is 1. The van der Waals surface area contributed by atoms with Gasteiger partial charge in [0.25, 0.3) is 5.91 Å². The molecule has 0 radical (unpaired) electrons. The van der Waals surface area contributed by atoms with Crippen LogP contribution in [0.4, 0.5) is 14.5 Å². The molecule has 1 amide bonds. The second kappa shape index (κ2) is 5.66. The molecule has 0 bridgehead atoms. The Balaban J connectivity index is 2.24. The number of halogens is 2. The van der Waals surface area contributed by atoms with Crippen LogP contribution in [0.3, 0.4) is 0 Å². The smallest absolute Gasteiger partial charge is 0.337 e. The van der Waals surface area contributed by atoms with Gasteiger partial charge in [0.05, 0.1) is 11.3 Å². The first-order chi connectivity index (χ1) is 9.86. The van der Waals surface area contributed by atoms with Gasteiger partial charge >= 0.3 is 5.97 Å². The van der Waals surface area contributed by atoms with Gasteiger partial charge in [0.2, 0.25) is 0 Å². The number of hydrogen-bond acceptors (Lipinski definition) is 3. The highest BCUT2D eigenvalue weighted by Gasteiger charge is 2.13. The molecule has 0 unspecified atom stereocenters. The predicted octanol–water partition coefficient (Wildman–Crippen LogP) is 2.62. The second-order valence-electron chi connectivity index (χ2n) is 4.25. The lowest BCUT2D eigenvalue weighted by Gasteiger charge is -2.07. The maximum atomic E-state index is 13.0. The Kier molecular flexibility index (Phi) is 3.93. The standard InChI is InChI=1S/C14H10F2N2O3/c1-7-11(14(20)21)2-3-12(17-7)13(19)18-10-5-8(15)4-9(16)6-10/h2-6H,1H3,(H,18,19)(H,20,21). The van der Waals surface area contributed by atoms with E-state index >= 15 is 0 Å². The summed E-state index contributed by atoms with van der Waals surface area (Å²) < 4.78 is 26.0. The average molecular weight is 292 g/mol. The Labute approximate surface area is 118 Å². The summed E-state index contributed by atoms with van der Waals surface area (Å²) in [6.45, 7) is 1.45. The Morgan fingerprint density at radius 1 is 1.14 bits per heavy atom. The summed E-state index contributed by atoms with van der Waals surface area (Å²) in [7, 11) is 0. The molecule has 0 aliphatic carbocycles. The lowest BCUT2D eigenvalue weighted by Crippen LogP contribution is -2.15. The van der Waals surface area contributed by atoms with Crippen LogP contribution >= 0.6 is 0 Å². The van der Waals surface area contributed by atoms with Crippen LogP contribution in [0.5, 0.6) is 0 Å². The number of carboxylic acids is 1. The van der Waals surface area contributed by atoms with Gasteiger partial charge in [0.15, 0.2) is 0 Å². The van der Waals surface area contributed by atoms with E-state index in [0.29, 0.717) is 6.07 Å². The Morgan fingerprint density at radius 2 is 1.76 bits per heavy atom. The van der Waals surface area contributed by atoms with Crippen LogP contribution in [0.15, 0.2) is 30.3 Å². The van der Waals surface area contributed by atoms with Crippen LogP contribution in [-0.4, -0.2) is 22.0 Å². The fourth-order valence-corrected chi connectivity index (χ4v) is 1.73. The molecule has 0 fully saturated rings. The lowest BCUT2D eigenvalue weighted by molar-refractivity contribution is 0.0695. The van der Waals surface area contributed by atoms with Crippen molar-refractivity contribution in [3.8, 4) is 0 Å². The highest BCUT2D eigenvalue weighted by molar-refractivity contribution is 6.03. The number of aromatic nitrogens is 1. The fraction of sp³-hybridized carbons (Fsp3) is 0.0714. The summed E-state index contributed by atoms with van der Waals surface area (Å²) in [6, 6.07) is 5.06. The van der Waals surface area contributed by atoms with Crippen molar-refractivity contribution in [1.29, 1.82) is 0 Å². The number of carboxylic acid groups (broad SMARTS) is 1. The summed E-state index contributed by atoms with van der Waals surface area (Å²) in [5.74, 6) is -3.49. The second-order valence-corrected chi connectivity index (χ2v) is 4.25. The molecule has 0 spiro atoms. The quantitative estimate of drug-likeness (QED) is 0.911. The molecule has 0 aliphatic rings. The minimum atomic E-state index is -1.15. The molecule has 0 saturated heterocycles. The monoisotopic (exact) mass is 292 g/mol. The van der Waals surface area contributed by atoms with Crippen LogP contribution in [0, 0.1) is 18.6 Å². The number of carbonyl (C=O) groups excluding carboxylic acids is 1. The molecule has 0 atom stereocenters. The van der Waals surface area contributed by atoms with E-state index < -0.39 is 23.5 Å². The molecule has 0 saturated carbocycles. The summed E-state index contributed by atoms with van der Waals surface area (Å²) >= 11 is 0. The van der Waals surface area contributed by atoms with Crippen LogP contribution < -0.4 is 5.32 Å². The number of nitrogens with zero attached hydrogens (tertiary/aromatic N) is 1. The topological polar surface area (TPSA) is 79.3 Å². The van der Waals surface area contributed by atoms with E-state index in [-0.39, 0.29) is 22.6 Å². The SMILES string of the molecule is Cc1nc(C(=O)Nc2cc(F)cc(F)c2)ccc1C(=O)O. The maximum Gasteiger partial charge on any atom is 0.337 e. The van der Waals surface area contributed by atoms with Gasteiger partial charge in [-0.15, -0.1) is 0 Å². The number of benzene rings is 1. The van der Waals surface area contributed by atoms with Gasteiger partial charge in [0, 0.05) is 11.8 Å². The van der Waals surface area contributed by atoms with Gasteiger partial charge in [-0.25, -0.2) is 18.6 Å². The summed E-state index contributed by atoms with van der Waals surface area (Å²) in [5.41, 5.74) is 0.0327. The van der Waals surface area contributed by atoms with Gasteiger partial charge < -0.3 is 10.4 Å². The number of aryl methyl sites for hydroxylation is 1. The highest BCUT2D eigenvalue weighted by atomic mass is 19.1. The number of nitrogens with one attached hydrogen (secondary N) is 1. The van der Waals surface area contributed by atoms with E-state index in [4.69, 9.17) is 5.11 Å². The zero-order valence-electron chi connectivity index (χ0n) is 10.9. The zero-order chi connectivity index (χ0) is 15.6. The summed E-state index contributed by atoms with van der Waals surface area (Å²) in [6.07, 6.45) is 0. The van der Waals surface area contributed by atoms with Crippen molar-refractivity contribution in [1.82, 2.24) is 4.98 Å². The number of amides is 1. The van der Waals surface area contributed by atoms with Crippen LogP contribution in [-0.2, 0) is 0 Å². The van der Waals surface area contributed by atoms with Gasteiger partial charge in [-0.3, -0.25) is 4.79 Å². The van der Waals surface area contributed by atoms with Crippen molar-refractivity contribution in [2.75, 3.05) is 5.32 Å². The molecule has 21 heavy (non-hydrogen) atoms. The van der Waals surface area contributed by atoms with Gasteiger partial charge in [-0.05, 0) is 31.2 Å². The predicted molar refractivity (Wildman–Crippen MR) is 70.2 cm³/mol. The summed E-state index contributed by atoms with van der Waals surface area (Å²) in [5, 5.41) is 11.2. The van der Waals surface area contributed by atoms with Crippen molar-refractivity contribution in [2.24, 2.45) is 0 Å². The number of hydrogen-bond donors (Lipinski definition) is 2. The molecular weight excluding hydrogens is 282 g/mol. The van der Waals surface area contributed by atoms with Gasteiger partial charge in [-0.2, -0.15) is 0 Å². The maximum absolute atomic E-state index is 13.0. The first-order valence-corrected chi connectivity index (χ1v) is 5.85. The van der Waals surface area contributed by atoms with Crippen molar-refractivity contribution in [3.05, 3.63) is 58.9 Å². The molecule has 1 aromatic heterocycles. The van der Waals surface area contributed by atoms with E-state index in [2.05, 4.69) is 10.3 Å². The molecule has 108 valence electrons. The molecule has 1 heterocycles.